The minimum atomic E-state index is -0.345. The summed E-state index contributed by atoms with van der Waals surface area (Å²) < 4.78 is 5.00. The normalized spacial score (nSPS) is 20.1. The molecule has 1 aliphatic heterocycles. The zero-order valence-corrected chi connectivity index (χ0v) is 13.9. The van der Waals surface area contributed by atoms with E-state index in [2.05, 4.69) is 35.6 Å². The molecule has 1 atom stereocenters. The first-order valence-electron chi connectivity index (χ1n) is 8.67. The van der Waals surface area contributed by atoms with Crippen LogP contribution in [0.2, 0.25) is 0 Å². The number of benzene rings is 1. The number of nitrogens with zero attached hydrogens (tertiary/aromatic N) is 1. The molecule has 0 spiro atoms. The molecule has 2 heterocycles. The van der Waals surface area contributed by atoms with Gasteiger partial charge in [0.2, 0.25) is 0 Å². The van der Waals surface area contributed by atoms with E-state index < -0.39 is 0 Å². The van der Waals surface area contributed by atoms with Gasteiger partial charge in [-0.3, -0.25) is 0 Å². The van der Waals surface area contributed by atoms with E-state index in [0.717, 1.165) is 36.3 Å². The van der Waals surface area contributed by atoms with E-state index in [9.17, 15) is 4.79 Å². The zero-order valence-electron chi connectivity index (χ0n) is 13.9. The standard InChI is InChI=1S/C20H22N2O2/c1-24-20(23)19-16(14-10-11-21-12-14)8-9-18(22-19)17-5-3-2-4-15(17)13-6-7-13/h2-5,8-9,13-14,21H,6-7,10-12H2,1H3. The van der Waals surface area contributed by atoms with Gasteiger partial charge in [-0.05, 0) is 54.8 Å². The number of aromatic nitrogens is 1. The molecule has 1 unspecified atom stereocenters. The molecule has 4 heteroatoms. The number of hydrogen-bond acceptors (Lipinski definition) is 4. The number of rotatable bonds is 4. The molecule has 2 aliphatic rings. The summed E-state index contributed by atoms with van der Waals surface area (Å²) >= 11 is 0. The lowest BCUT2D eigenvalue weighted by Gasteiger charge is -2.15. The highest BCUT2D eigenvalue weighted by Gasteiger charge is 2.28. The number of carbonyl (C=O) groups is 1. The van der Waals surface area contributed by atoms with Crippen molar-refractivity contribution in [1.82, 2.24) is 10.3 Å². The van der Waals surface area contributed by atoms with E-state index in [1.165, 1.54) is 25.5 Å². The summed E-state index contributed by atoms with van der Waals surface area (Å²) in [5, 5.41) is 3.35. The fourth-order valence-electron chi connectivity index (χ4n) is 3.61. The molecule has 2 aromatic rings. The predicted octanol–water partition coefficient (Wildman–Crippen LogP) is 3.49. The Kier molecular flexibility index (Phi) is 4.07. The molecule has 4 nitrogen and oxygen atoms in total. The second-order valence-corrected chi connectivity index (χ2v) is 6.68. The van der Waals surface area contributed by atoms with E-state index in [1.54, 1.807) is 0 Å². The Balaban J connectivity index is 1.79. The van der Waals surface area contributed by atoms with Crippen LogP contribution in [-0.2, 0) is 4.74 Å². The van der Waals surface area contributed by atoms with E-state index in [1.807, 2.05) is 6.07 Å². The van der Waals surface area contributed by atoms with E-state index in [0.29, 0.717) is 17.5 Å². The fourth-order valence-corrected chi connectivity index (χ4v) is 3.61. The Morgan fingerprint density at radius 3 is 2.62 bits per heavy atom. The number of hydrogen-bond donors (Lipinski definition) is 1. The number of pyridine rings is 1. The van der Waals surface area contributed by atoms with Gasteiger partial charge in [0, 0.05) is 12.1 Å². The topological polar surface area (TPSA) is 51.2 Å². The monoisotopic (exact) mass is 322 g/mol. The molecular weight excluding hydrogens is 300 g/mol. The summed E-state index contributed by atoms with van der Waals surface area (Å²) in [6.07, 6.45) is 3.52. The summed E-state index contributed by atoms with van der Waals surface area (Å²) in [5.41, 5.74) is 4.82. The van der Waals surface area contributed by atoms with Gasteiger partial charge < -0.3 is 10.1 Å². The van der Waals surface area contributed by atoms with Crippen LogP contribution >= 0.6 is 0 Å². The van der Waals surface area contributed by atoms with Crippen molar-refractivity contribution in [3.05, 3.63) is 53.2 Å². The van der Waals surface area contributed by atoms with Crippen molar-refractivity contribution in [3.8, 4) is 11.3 Å². The van der Waals surface area contributed by atoms with Gasteiger partial charge in [-0.15, -0.1) is 0 Å². The molecule has 1 aliphatic carbocycles. The van der Waals surface area contributed by atoms with E-state index in [-0.39, 0.29) is 5.97 Å². The van der Waals surface area contributed by atoms with Gasteiger partial charge in [-0.25, -0.2) is 9.78 Å². The molecule has 2 fully saturated rings. The van der Waals surface area contributed by atoms with Crippen LogP contribution in [0.5, 0.6) is 0 Å². The third kappa shape index (κ3) is 2.82. The molecular formula is C20H22N2O2. The Hall–Kier alpha value is -2.20. The van der Waals surface area contributed by atoms with Gasteiger partial charge in [0.25, 0.3) is 0 Å². The number of ether oxygens (including phenoxy) is 1. The van der Waals surface area contributed by atoms with Crippen LogP contribution in [0.25, 0.3) is 11.3 Å². The Morgan fingerprint density at radius 1 is 1.08 bits per heavy atom. The van der Waals surface area contributed by atoms with Gasteiger partial charge >= 0.3 is 5.97 Å². The second kappa shape index (κ2) is 6.36. The molecule has 0 amide bonds. The summed E-state index contributed by atoms with van der Waals surface area (Å²) in [5.74, 6) is 0.630. The van der Waals surface area contributed by atoms with Gasteiger partial charge in [0.1, 0.15) is 0 Å². The van der Waals surface area contributed by atoms with E-state index in [4.69, 9.17) is 9.72 Å². The van der Waals surface area contributed by atoms with Crippen molar-refractivity contribution >= 4 is 5.97 Å². The maximum absolute atomic E-state index is 12.3. The van der Waals surface area contributed by atoms with Crippen LogP contribution in [0.4, 0.5) is 0 Å². The van der Waals surface area contributed by atoms with E-state index >= 15 is 0 Å². The SMILES string of the molecule is COC(=O)c1nc(-c2ccccc2C2CC2)ccc1C1CCNC1. The number of esters is 1. The highest BCUT2D eigenvalue weighted by molar-refractivity contribution is 5.90. The average Bonchev–Trinajstić information content (AvgIpc) is 3.34. The molecule has 1 N–H and O–H groups in total. The van der Waals surface area contributed by atoms with Crippen molar-refractivity contribution < 1.29 is 9.53 Å². The van der Waals surface area contributed by atoms with Gasteiger partial charge in [-0.2, -0.15) is 0 Å². The maximum atomic E-state index is 12.3. The smallest absolute Gasteiger partial charge is 0.356 e. The van der Waals surface area contributed by atoms with Crippen molar-refractivity contribution in [2.75, 3.05) is 20.2 Å². The highest BCUT2D eigenvalue weighted by Crippen LogP contribution is 2.44. The largest absolute Gasteiger partial charge is 0.464 e. The lowest BCUT2D eigenvalue weighted by atomic mass is 9.94. The quantitative estimate of drug-likeness (QED) is 0.876. The highest BCUT2D eigenvalue weighted by atomic mass is 16.5. The van der Waals surface area contributed by atoms with Crippen molar-refractivity contribution in [2.24, 2.45) is 0 Å². The van der Waals surface area contributed by atoms with Crippen LogP contribution in [0.15, 0.2) is 36.4 Å². The molecule has 1 saturated carbocycles. The summed E-state index contributed by atoms with van der Waals surface area (Å²) in [6, 6.07) is 12.5. The Labute approximate surface area is 142 Å². The van der Waals surface area contributed by atoms with Crippen LogP contribution in [0.3, 0.4) is 0 Å². The third-order valence-corrected chi connectivity index (χ3v) is 5.06. The van der Waals surface area contributed by atoms with Crippen molar-refractivity contribution in [2.45, 2.75) is 31.1 Å². The van der Waals surface area contributed by atoms with Crippen LogP contribution < -0.4 is 5.32 Å². The summed E-state index contributed by atoms with van der Waals surface area (Å²) in [7, 11) is 1.42. The summed E-state index contributed by atoms with van der Waals surface area (Å²) in [4.78, 5) is 17.0. The molecule has 124 valence electrons. The molecule has 0 radical (unpaired) electrons. The number of methoxy groups -OCH3 is 1. The first-order chi connectivity index (χ1) is 11.8. The van der Waals surface area contributed by atoms with Crippen LogP contribution in [0, 0.1) is 0 Å². The molecule has 0 bridgehead atoms. The number of carbonyl (C=O) groups excluding carboxylic acids is 1. The lowest BCUT2D eigenvalue weighted by Crippen LogP contribution is -2.14. The second-order valence-electron chi connectivity index (χ2n) is 6.68. The third-order valence-electron chi connectivity index (χ3n) is 5.06. The Bertz CT molecular complexity index is 762. The van der Waals surface area contributed by atoms with Crippen molar-refractivity contribution in [1.29, 1.82) is 0 Å². The average molecular weight is 322 g/mol. The van der Waals surface area contributed by atoms with Crippen LogP contribution in [-0.4, -0.2) is 31.2 Å². The predicted molar refractivity (Wildman–Crippen MR) is 93.2 cm³/mol. The molecule has 24 heavy (non-hydrogen) atoms. The fraction of sp³-hybridized carbons (Fsp3) is 0.400. The first-order valence-corrected chi connectivity index (χ1v) is 8.67. The molecule has 4 rings (SSSR count). The van der Waals surface area contributed by atoms with Crippen LogP contribution in [0.1, 0.15) is 52.7 Å². The number of nitrogens with one attached hydrogen (secondary N) is 1. The summed E-state index contributed by atoms with van der Waals surface area (Å²) in [6.45, 7) is 1.88. The molecule has 1 saturated heterocycles. The minimum Gasteiger partial charge on any atom is -0.464 e. The van der Waals surface area contributed by atoms with Gasteiger partial charge in [-0.1, -0.05) is 30.3 Å². The lowest BCUT2D eigenvalue weighted by molar-refractivity contribution is 0.0592. The maximum Gasteiger partial charge on any atom is 0.356 e. The first kappa shape index (κ1) is 15.3. The Morgan fingerprint density at radius 2 is 1.92 bits per heavy atom. The minimum absolute atomic E-state index is 0.333. The van der Waals surface area contributed by atoms with Crippen molar-refractivity contribution in [3.63, 3.8) is 0 Å². The zero-order chi connectivity index (χ0) is 16.5. The van der Waals surface area contributed by atoms with Gasteiger partial charge in [0.15, 0.2) is 5.69 Å². The molecule has 1 aromatic heterocycles. The van der Waals surface area contributed by atoms with Gasteiger partial charge in [0.05, 0.1) is 12.8 Å². The molecule has 1 aromatic carbocycles.